The molecular weight excluding hydrogens is 370 g/mol. The predicted molar refractivity (Wildman–Crippen MR) is 112 cm³/mol. The number of benzene rings is 2. The smallest absolute Gasteiger partial charge is 0.248 e. The maximum Gasteiger partial charge on any atom is 0.248 e. The molecule has 1 N–H and O–H groups in total. The number of rotatable bonds is 5. The van der Waals surface area contributed by atoms with Crippen LogP contribution >= 0.6 is 11.8 Å². The number of nitrogens with zero attached hydrogens (tertiary/aromatic N) is 2. The highest BCUT2D eigenvalue weighted by Gasteiger charge is 2.34. The fourth-order valence-electron chi connectivity index (χ4n) is 3.27. The van der Waals surface area contributed by atoms with Gasteiger partial charge in [-0.3, -0.25) is 9.59 Å². The lowest BCUT2D eigenvalue weighted by molar-refractivity contribution is -0.136. The van der Waals surface area contributed by atoms with E-state index in [1.165, 1.54) is 16.7 Å². The molecule has 6 heteroatoms. The van der Waals surface area contributed by atoms with Crippen LogP contribution in [0.4, 0.5) is 5.69 Å². The van der Waals surface area contributed by atoms with Gasteiger partial charge < -0.3 is 10.2 Å². The van der Waals surface area contributed by atoms with Gasteiger partial charge in [0.15, 0.2) is 0 Å². The number of anilines is 1. The van der Waals surface area contributed by atoms with Gasteiger partial charge in [0, 0.05) is 17.9 Å². The van der Waals surface area contributed by atoms with E-state index in [1.54, 1.807) is 40.9 Å². The number of carbonyl (C=O) groups is 2. The summed E-state index contributed by atoms with van der Waals surface area (Å²) in [6, 6.07) is 14.6. The Kier molecular flexibility index (Phi) is 6.37. The zero-order valence-corrected chi connectivity index (χ0v) is 16.9. The minimum absolute atomic E-state index is 0.00459. The third-order valence-corrected chi connectivity index (χ3v) is 5.91. The van der Waals surface area contributed by atoms with Gasteiger partial charge in [-0.05, 0) is 55.7 Å². The normalized spacial score (nSPS) is 15.9. The quantitative estimate of drug-likeness (QED) is 0.842. The summed E-state index contributed by atoms with van der Waals surface area (Å²) < 4.78 is 0. The van der Waals surface area contributed by atoms with Crippen LogP contribution in [0.2, 0.25) is 0 Å². The molecule has 0 spiro atoms. The maximum atomic E-state index is 12.7. The van der Waals surface area contributed by atoms with E-state index in [2.05, 4.69) is 43.4 Å². The molecule has 3 rings (SSSR count). The summed E-state index contributed by atoms with van der Waals surface area (Å²) in [5, 5.41) is 11.7. The Morgan fingerprint density at radius 3 is 2.64 bits per heavy atom. The third kappa shape index (κ3) is 4.73. The molecule has 0 radical (unpaired) electrons. The molecule has 0 aliphatic carbocycles. The zero-order chi connectivity index (χ0) is 20.1. The first kappa shape index (κ1) is 20.0. The molecule has 1 aliphatic rings. The summed E-state index contributed by atoms with van der Waals surface area (Å²) in [6.45, 7) is 4.12. The average Bonchev–Trinajstić information content (AvgIpc) is 3.18. The highest BCUT2D eigenvalue weighted by molar-refractivity contribution is 7.99. The minimum atomic E-state index is -0.466. The van der Waals surface area contributed by atoms with E-state index in [9.17, 15) is 9.59 Å². The summed E-state index contributed by atoms with van der Waals surface area (Å²) in [5.41, 5.74) is 4.74. The van der Waals surface area contributed by atoms with Crippen LogP contribution in [0.25, 0.3) is 0 Å². The maximum absolute atomic E-state index is 12.7. The van der Waals surface area contributed by atoms with Crippen LogP contribution in [0.3, 0.4) is 0 Å². The standard InChI is InChI=1S/C22H23N3O2S/c1-15-3-6-18(16(2)11-15)7-10-21(26)25-14-28-13-20(25)22(27)24-19-8-4-17(12-23)5-9-19/h3-6,8-9,11,20H,7,10,13-14H2,1-2H3,(H,24,27). The Hall–Kier alpha value is -2.78. The Labute approximate surface area is 169 Å². The molecule has 0 saturated carbocycles. The molecule has 1 aliphatic heterocycles. The first-order valence-electron chi connectivity index (χ1n) is 9.22. The molecule has 28 heavy (non-hydrogen) atoms. The van der Waals surface area contributed by atoms with E-state index in [1.807, 2.05) is 0 Å². The molecule has 1 saturated heterocycles. The van der Waals surface area contributed by atoms with Gasteiger partial charge in [-0.25, -0.2) is 0 Å². The first-order valence-corrected chi connectivity index (χ1v) is 10.4. The van der Waals surface area contributed by atoms with Crippen LogP contribution in [0.5, 0.6) is 0 Å². The second-order valence-corrected chi connectivity index (χ2v) is 7.99. The van der Waals surface area contributed by atoms with E-state index >= 15 is 0 Å². The summed E-state index contributed by atoms with van der Waals surface area (Å²) >= 11 is 1.59. The molecule has 1 atom stereocenters. The van der Waals surface area contributed by atoms with Gasteiger partial charge >= 0.3 is 0 Å². The largest absolute Gasteiger partial charge is 0.324 e. The third-order valence-electron chi connectivity index (χ3n) is 4.89. The predicted octanol–water partition coefficient (Wildman–Crippen LogP) is 3.65. The van der Waals surface area contributed by atoms with Crippen molar-refractivity contribution >= 4 is 29.3 Å². The second-order valence-electron chi connectivity index (χ2n) is 6.99. The van der Waals surface area contributed by atoms with Gasteiger partial charge in [-0.15, -0.1) is 11.8 Å². The topological polar surface area (TPSA) is 73.2 Å². The molecule has 1 unspecified atom stereocenters. The molecule has 2 aromatic carbocycles. The Bertz CT molecular complexity index is 918. The molecule has 144 valence electrons. The monoisotopic (exact) mass is 393 g/mol. The molecular formula is C22H23N3O2S. The fraction of sp³-hybridized carbons (Fsp3) is 0.318. The average molecular weight is 394 g/mol. The summed E-state index contributed by atoms with van der Waals surface area (Å²) in [4.78, 5) is 27.1. The second kappa shape index (κ2) is 8.94. The molecule has 1 fully saturated rings. The van der Waals surface area contributed by atoms with Gasteiger partial charge in [0.1, 0.15) is 6.04 Å². The molecule has 1 heterocycles. The molecule has 5 nitrogen and oxygen atoms in total. The van der Waals surface area contributed by atoms with E-state index in [0.29, 0.717) is 35.7 Å². The number of hydrogen-bond acceptors (Lipinski definition) is 4. The van der Waals surface area contributed by atoms with Crippen LogP contribution in [-0.2, 0) is 16.0 Å². The first-order chi connectivity index (χ1) is 13.5. The van der Waals surface area contributed by atoms with Crippen molar-refractivity contribution in [1.29, 1.82) is 5.26 Å². The zero-order valence-electron chi connectivity index (χ0n) is 16.1. The molecule has 2 aromatic rings. The van der Waals surface area contributed by atoms with Crippen LogP contribution < -0.4 is 5.32 Å². The summed E-state index contributed by atoms with van der Waals surface area (Å²) in [7, 11) is 0. The summed E-state index contributed by atoms with van der Waals surface area (Å²) in [6.07, 6.45) is 1.07. The van der Waals surface area contributed by atoms with Crippen molar-refractivity contribution in [3.8, 4) is 6.07 Å². The van der Waals surface area contributed by atoms with Crippen molar-refractivity contribution in [2.45, 2.75) is 32.7 Å². The highest BCUT2D eigenvalue weighted by atomic mass is 32.2. The fourth-order valence-corrected chi connectivity index (χ4v) is 4.45. The van der Waals surface area contributed by atoms with Gasteiger partial charge in [-0.1, -0.05) is 23.8 Å². The van der Waals surface area contributed by atoms with Gasteiger partial charge in [-0.2, -0.15) is 5.26 Å². The lowest BCUT2D eigenvalue weighted by Gasteiger charge is -2.23. The van der Waals surface area contributed by atoms with Crippen molar-refractivity contribution in [2.24, 2.45) is 0 Å². The number of nitrogens with one attached hydrogen (secondary N) is 1. The van der Waals surface area contributed by atoms with Gasteiger partial charge in [0.2, 0.25) is 11.8 Å². The van der Waals surface area contributed by atoms with Crippen molar-refractivity contribution in [3.63, 3.8) is 0 Å². The lowest BCUT2D eigenvalue weighted by Crippen LogP contribution is -2.44. The van der Waals surface area contributed by atoms with Gasteiger partial charge in [0.25, 0.3) is 0 Å². The SMILES string of the molecule is Cc1ccc(CCC(=O)N2CSCC2C(=O)Nc2ccc(C#N)cc2)c(C)c1. The van der Waals surface area contributed by atoms with Crippen molar-refractivity contribution in [3.05, 3.63) is 64.7 Å². The molecule has 0 bridgehead atoms. The van der Waals surface area contributed by atoms with E-state index in [4.69, 9.17) is 5.26 Å². The van der Waals surface area contributed by atoms with Crippen LogP contribution in [0.15, 0.2) is 42.5 Å². The van der Waals surface area contributed by atoms with Gasteiger partial charge in [0.05, 0.1) is 17.5 Å². The number of hydrogen-bond donors (Lipinski definition) is 1. The van der Waals surface area contributed by atoms with E-state index < -0.39 is 6.04 Å². The Balaban J connectivity index is 1.60. The van der Waals surface area contributed by atoms with Crippen molar-refractivity contribution < 1.29 is 9.59 Å². The lowest BCUT2D eigenvalue weighted by atomic mass is 10.0. The molecule has 0 aromatic heterocycles. The van der Waals surface area contributed by atoms with Crippen molar-refractivity contribution in [1.82, 2.24) is 4.90 Å². The van der Waals surface area contributed by atoms with Crippen molar-refractivity contribution in [2.75, 3.05) is 16.9 Å². The number of aryl methyl sites for hydroxylation is 3. The number of nitriles is 1. The number of amides is 2. The van der Waals surface area contributed by atoms with E-state index in [0.717, 1.165) is 0 Å². The van der Waals surface area contributed by atoms with Crippen LogP contribution in [0, 0.1) is 25.2 Å². The number of carbonyl (C=O) groups excluding carboxylic acids is 2. The number of thioether (sulfide) groups is 1. The molecule has 2 amide bonds. The highest BCUT2D eigenvalue weighted by Crippen LogP contribution is 2.24. The van der Waals surface area contributed by atoms with E-state index in [-0.39, 0.29) is 11.8 Å². The van der Waals surface area contributed by atoms with Crippen LogP contribution in [-0.4, -0.2) is 34.4 Å². The Morgan fingerprint density at radius 1 is 1.21 bits per heavy atom. The minimum Gasteiger partial charge on any atom is -0.324 e. The summed E-state index contributed by atoms with van der Waals surface area (Å²) in [5.74, 6) is 0.953. The Morgan fingerprint density at radius 2 is 1.96 bits per heavy atom. The van der Waals surface area contributed by atoms with Crippen LogP contribution in [0.1, 0.15) is 28.7 Å².